The predicted octanol–water partition coefficient (Wildman–Crippen LogP) is 4.35. The Bertz CT molecular complexity index is 1020. The van der Waals surface area contributed by atoms with Gasteiger partial charge in [0.05, 0.1) is 12.2 Å². The Morgan fingerprint density at radius 1 is 1.04 bits per heavy atom. The van der Waals surface area contributed by atoms with E-state index in [9.17, 15) is 0 Å². The number of thiophene rings is 1. The van der Waals surface area contributed by atoms with Gasteiger partial charge in [0.2, 0.25) is 0 Å². The molecular weight excluding hydrogens is 352 g/mol. The molecule has 0 unspecified atom stereocenters. The summed E-state index contributed by atoms with van der Waals surface area (Å²) in [4.78, 5) is 4.16. The highest BCUT2D eigenvalue weighted by Gasteiger charge is 2.22. The van der Waals surface area contributed by atoms with Gasteiger partial charge in [-0.25, -0.2) is 0 Å². The molecule has 5 rings (SSSR count). The van der Waals surface area contributed by atoms with Crippen molar-refractivity contribution in [2.75, 3.05) is 6.54 Å². The first-order valence-corrected chi connectivity index (χ1v) is 8.96. The van der Waals surface area contributed by atoms with Gasteiger partial charge in [0.1, 0.15) is 5.69 Å². The molecule has 0 bridgehead atoms. The van der Waals surface area contributed by atoms with Gasteiger partial charge in [-0.15, -0.1) is 23.7 Å². The Hall–Kier alpha value is -2.21. The molecule has 0 amide bonds. The average molecular weight is 369 g/mol. The van der Waals surface area contributed by atoms with Crippen molar-refractivity contribution in [2.24, 2.45) is 0 Å². The first-order chi connectivity index (χ1) is 11.9. The number of fused-ring (bicyclic) bond motifs is 2. The average Bonchev–Trinajstić information content (AvgIpc) is 3.26. The number of nitrogens with one attached hydrogen (secondary N) is 1. The van der Waals surface area contributed by atoms with Crippen molar-refractivity contribution in [3.8, 4) is 22.4 Å². The quantitative estimate of drug-likeness (QED) is 0.572. The monoisotopic (exact) mass is 368 g/mol. The molecule has 0 saturated heterocycles. The van der Waals surface area contributed by atoms with Crippen LogP contribution in [-0.2, 0) is 13.1 Å². The molecule has 4 aromatic rings. The lowest BCUT2D eigenvalue weighted by molar-refractivity contribution is 0.477. The molecule has 1 aliphatic rings. The van der Waals surface area contributed by atoms with E-state index in [0.29, 0.717) is 0 Å². The van der Waals surface area contributed by atoms with E-state index in [2.05, 4.69) is 56.8 Å². The number of benzene rings is 1. The topological polar surface area (TPSA) is 42.7 Å². The molecule has 3 aromatic heterocycles. The van der Waals surface area contributed by atoms with E-state index >= 15 is 0 Å². The molecule has 1 N–H and O–H groups in total. The van der Waals surface area contributed by atoms with E-state index in [1.54, 1.807) is 11.3 Å². The summed E-state index contributed by atoms with van der Waals surface area (Å²) >= 11 is 1.78. The van der Waals surface area contributed by atoms with Crippen LogP contribution in [0, 0.1) is 0 Å². The van der Waals surface area contributed by atoms with Gasteiger partial charge < -0.3 is 5.32 Å². The van der Waals surface area contributed by atoms with Crippen LogP contribution in [-0.4, -0.2) is 21.3 Å². The van der Waals surface area contributed by atoms with Crippen LogP contribution in [0.3, 0.4) is 0 Å². The molecule has 4 nitrogen and oxygen atoms in total. The molecule has 0 spiro atoms. The summed E-state index contributed by atoms with van der Waals surface area (Å²) < 4.78 is 3.47. The molecule has 126 valence electrons. The van der Waals surface area contributed by atoms with Gasteiger partial charge in [0, 0.05) is 41.3 Å². The summed E-state index contributed by atoms with van der Waals surface area (Å²) in [6, 6.07) is 12.9. The molecule has 4 heterocycles. The van der Waals surface area contributed by atoms with Gasteiger partial charge in [-0.05, 0) is 46.7 Å². The summed E-state index contributed by atoms with van der Waals surface area (Å²) in [5, 5.41) is 11.8. The molecule has 0 fully saturated rings. The van der Waals surface area contributed by atoms with Crippen LogP contribution in [0.2, 0.25) is 0 Å². The minimum Gasteiger partial charge on any atom is -0.309 e. The smallest absolute Gasteiger partial charge is 0.100 e. The Labute approximate surface area is 155 Å². The lowest BCUT2D eigenvalue weighted by Gasteiger charge is -2.16. The van der Waals surface area contributed by atoms with Crippen molar-refractivity contribution >= 4 is 33.8 Å². The van der Waals surface area contributed by atoms with Crippen LogP contribution in [0.15, 0.2) is 54.2 Å². The van der Waals surface area contributed by atoms with Crippen molar-refractivity contribution in [1.29, 1.82) is 0 Å². The zero-order valence-corrected chi connectivity index (χ0v) is 15.1. The Kier molecular flexibility index (Phi) is 4.29. The van der Waals surface area contributed by atoms with Crippen molar-refractivity contribution in [3.05, 3.63) is 59.9 Å². The van der Waals surface area contributed by atoms with E-state index in [-0.39, 0.29) is 12.4 Å². The van der Waals surface area contributed by atoms with Gasteiger partial charge in [0.15, 0.2) is 0 Å². The van der Waals surface area contributed by atoms with Crippen molar-refractivity contribution < 1.29 is 0 Å². The highest BCUT2D eigenvalue weighted by molar-refractivity contribution is 7.17. The van der Waals surface area contributed by atoms with Gasteiger partial charge in [0.25, 0.3) is 0 Å². The Morgan fingerprint density at radius 3 is 2.80 bits per heavy atom. The fourth-order valence-corrected chi connectivity index (χ4v) is 4.16. The lowest BCUT2D eigenvalue weighted by Crippen LogP contribution is -2.28. The molecular formula is C19H17ClN4S. The van der Waals surface area contributed by atoms with Crippen molar-refractivity contribution in [1.82, 2.24) is 20.1 Å². The fourth-order valence-electron chi connectivity index (χ4n) is 3.39. The first kappa shape index (κ1) is 16.3. The van der Waals surface area contributed by atoms with Crippen LogP contribution >= 0.6 is 23.7 Å². The van der Waals surface area contributed by atoms with E-state index in [0.717, 1.165) is 25.3 Å². The number of nitrogens with zero attached hydrogens (tertiary/aromatic N) is 3. The van der Waals surface area contributed by atoms with Crippen LogP contribution in [0.5, 0.6) is 0 Å². The molecule has 0 saturated carbocycles. The zero-order valence-electron chi connectivity index (χ0n) is 13.5. The van der Waals surface area contributed by atoms with Crippen LogP contribution < -0.4 is 5.32 Å². The maximum absolute atomic E-state index is 4.95. The highest BCUT2D eigenvalue weighted by Crippen LogP contribution is 2.36. The minimum absolute atomic E-state index is 0. The van der Waals surface area contributed by atoms with E-state index in [1.165, 1.54) is 32.5 Å². The number of hydrogen-bond donors (Lipinski definition) is 1. The van der Waals surface area contributed by atoms with Gasteiger partial charge in [-0.1, -0.05) is 6.07 Å². The minimum atomic E-state index is 0. The van der Waals surface area contributed by atoms with Gasteiger partial charge in [-0.2, -0.15) is 5.10 Å². The number of halogens is 1. The number of hydrogen-bond acceptors (Lipinski definition) is 4. The summed E-state index contributed by atoms with van der Waals surface area (Å²) in [5.41, 5.74) is 5.89. The number of rotatable bonds is 2. The third kappa shape index (κ3) is 2.74. The maximum Gasteiger partial charge on any atom is 0.100 e. The van der Waals surface area contributed by atoms with Crippen molar-refractivity contribution in [2.45, 2.75) is 13.1 Å². The number of aromatic nitrogens is 3. The van der Waals surface area contributed by atoms with Crippen LogP contribution in [0.1, 0.15) is 5.69 Å². The Morgan fingerprint density at radius 2 is 1.92 bits per heavy atom. The summed E-state index contributed by atoms with van der Waals surface area (Å²) in [6.07, 6.45) is 3.70. The molecule has 6 heteroatoms. The van der Waals surface area contributed by atoms with Crippen molar-refractivity contribution in [3.63, 3.8) is 0 Å². The molecule has 0 aliphatic carbocycles. The van der Waals surface area contributed by atoms with Gasteiger partial charge in [-0.3, -0.25) is 9.67 Å². The second-order valence-electron chi connectivity index (χ2n) is 5.98. The van der Waals surface area contributed by atoms with Crippen LogP contribution in [0.4, 0.5) is 0 Å². The molecule has 25 heavy (non-hydrogen) atoms. The van der Waals surface area contributed by atoms with E-state index < -0.39 is 0 Å². The zero-order chi connectivity index (χ0) is 15.9. The normalized spacial score (nSPS) is 13.4. The summed E-state index contributed by atoms with van der Waals surface area (Å²) in [5.74, 6) is 0. The predicted molar refractivity (Wildman–Crippen MR) is 105 cm³/mol. The molecule has 0 radical (unpaired) electrons. The SMILES string of the molecule is Cl.c1cc(-c2c(-c3ccc4sccc4c3)nn3c2CNCC3)ccn1. The third-order valence-corrected chi connectivity index (χ3v) is 5.44. The summed E-state index contributed by atoms with van der Waals surface area (Å²) in [6.45, 7) is 2.73. The summed E-state index contributed by atoms with van der Waals surface area (Å²) in [7, 11) is 0. The largest absolute Gasteiger partial charge is 0.309 e. The van der Waals surface area contributed by atoms with E-state index in [4.69, 9.17) is 5.10 Å². The molecule has 0 atom stereocenters. The number of pyridine rings is 1. The molecule has 1 aromatic carbocycles. The third-order valence-electron chi connectivity index (χ3n) is 4.55. The highest BCUT2D eigenvalue weighted by atomic mass is 35.5. The fraction of sp³-hybridized carbons (Fsp3) is 0.158. The lowest BCUT2D eigenvalue weighted by atomic mass is 9.98. The molecule has 1 aliphatic heterocycles. The van der Waals surface area contributed by atoms with Gasteiger partial charge >= 0.3 is 0 Å². The standard InChI is InChI=1S/C19H16N4S.ClH/c1-2-17-14(5-10-24-17)11-15(1)19-18(13-3-6-20-7-4-13)16-12-21-8-9-23(16)22-19;/h1-7,10-11,21H,8-9,12H2;1H. The van der Waals surface area contributed by atoms with E-state index in [1.807, 2.05) is 12.4 Å². The first-order valence-electron chi connectivity index (χ1n) is 8.08. The second-order valence-corrected chi connectivity index (χ2v) is 6.93. The second kappa shape index (κ2) is 6.59. The Balaban J connectivity index is 0.00000157. The maximum atomic E-state index is 4.95. The van der Waals surface area contributed by atoms with Crippen LogP contribution in [0.25, 0.3) is 32.5 Å².